The number of aryl methyl sites for hydroxylation is 2. The van der Waals surface area contributed by atoms with E-state index in [2.05, 4.69) is 40.6 Å². The zero-order valence-electron chi connectivity index (χ0n) is 15.0. The molecule has 0 saturated carbocycles. The summed E-state index contributed by atoms with van der Waals surface area (Å²) in [6.07, 6.45) is 8.00. The number of benzene rings is 1. The zero-order valence-corrected chi connectivity index (χ0v) is 15.8. The van der Waals surface area contributed by atoms with Gasteiger partial charge in [0.25, 0.3) is 0 Å². The molecule has 3 heterocycles. The van der Waals surface area contributed by atoms with Gasteiger partial charge in [0.05, 0.1) is 5.39 Å². The van der Waals surface area contributed by atoms with Crippen LogP contribution in [-0.4, -0.2) is 15.0 Å². The molecule has 1 aliphatic rings. The van der Waals surface area contributed by atoms with Gasteiger partial charge in [-0.05, 0) is 42.0 Å². The minimum atomic E-state index is 0.718. The van der Waals surface area contributed by atoms with E-state index in [9.17, 15) is 0 Å². The van der Waals surface area contributed by atoms with Gasteiger partial charge in [-0.15, -0.1) is 11.3 Å². The highest BCUT2D eigenvalue weighted by Gasteiger charge is 2.22. The Balaban J connectivity index is 1.53. The van der Waals surface area contributed by atoms with Gasteiger partial charge >= 0.3 is 0 Å². The number of rotatable bonds is 5. The van der Waals surface area contributed by atoms with Crippen molar-refractivity contribution in [2.24, 2.45) is 0 Å². The van der Waals surface area contributed by atoms with Crippen molar-refractivity contribution in [2.45, 2.75) is 32.2 Å². The Morgan fingerprint density at radius 3 is 2.70 bits per heavy atom. The van der Waals surface area contributed by atoms with E-state index in [1.165, 1.54) is 34.2 Å². The standard InChI is InChI=1S/C22H20N4S/c1-2-6-15(7-3-1)12-19-25-21(24-14-16-8-5-11-23-13-16)20-17-9-4-10-18(17)27-22(20)26-19/h1-3,5-8,11,13H,4,9-10,12,14H2,(H,24,25,26). The molecule has 0 unspecified atom stereocenters. The van der Waals surface area contributed by atoms with E-state index in [1.807, 2.05) is 29.7 Å². The Hall–Kier alpha value is -2.79. The Morgan fingerprint density at radius 1 is 0.963 bits per heavy atom. The number of nitrogens with zero attached hydrogens (tertiary/aromatic N) is 3. The molecule has 1 N–H and O–H groups in total. The summed E-state index contributed by atoms with van der Waals surface area (Å²) < 4.78 is 0. The molecule has 1 aliphatic carbocycles. The molecule has 0 fully saturated rings. The highest BCUT2D eigenvalue weighted by Crippen LogP contribution is 2.39. The number of hydrogen-bond donors (Lipinski definition) is 1. The van der Waals surface area contributed by atoms with Crippen LogP contribution in [0.25, 0.3) is 10.2 Å². The summed E-state index contributed by atoms with van der Waals surface area (Å²) in [6, 6.07) is 14.5. The Morgan fingerprint density at radius 2 is 1.85 bits per heavy atom. The molecule has 0 aliphatic heterocycles. The lowest BCUT2D eigenvalue weighted by molar-refractivity contribution is 0.915. The van der Waals surface area contributed by atoms with Crippen molar-refractivity contribution >= 4 is 27.4 Å². The molecule has 0 atom stereocenters. The van der Waals surface area contributed by atoms with Crippen LogP contribution in [0.4, 0.5) is 5.82 Å². The summed E-state index contributed by atoms with van der Waals surface area (Å²) in [6.45, 7) is 0.718. The molecular formula is C22H20N4S. The summed E-state index contributed by atoms with van der Waals surface area (Å²) in [5.41, 5.74) is 3.84. The maximum atomic E-state index is 4.93. The third-order valence-electron chi connectivity index (χ3n) is 5.00. The van der Waals surface area contributed by atoms with E-state index in [4.69, 9.17) is 9.97 Å². The number of hydrogen-bond acceptors (Lipinski definition) is 5. The molecule has 0 radical (unpaired) electrons. The molecular weight excluding hydrogens is 352 g/mol. The number of nitrogens with one attached hydrogen (secondary N) is 1. The monoisotopic (exact) mass is 372 g/mol. The van der Waals surface area contributed by atoms with Gasteiger partial charge in [0, 0.05) is 30.2 Å². The van der Waals surface area contributed by atoms with Gasteiger partial charge in [-0.2, -0.15) is 0 Å². The second-order valence-corrected chi connectivity index (χ2v) is 7.99. The van der Waals surface area contributed by atoms with Crippen molar-refractivity contribution < 1.29 is 0 Å². The first-order chi connectivity index (χ1) is 13.4. The fourth-order valence-corrected chi connectivity index (χ4v) is 4.99. The average Bonchev–Trinajstić information content (AvgIpc) is 3.28. The quantitative estimate of drug-likeness (QED) is 0.548. The Kier molecular flexibility index (Phi) is 4.30. The maximum Gasteiger partial charge on any atom is 0.139 e. The zero-order chi connectivity index (χ0) is 18.1. The second-order valence-electron chi connectivity index (χ2n) is 6.90. The molecule has 0 amide bonds. The summed E-state index contributed by atoms with van der Waals surface area (Å²) in [7, 11) is 0. The van der Waals surface area contributed by atoms with E-state index in [0.29, 0.717) is 0 Å². The first kappa shape index (κ1) is 16.4. The Labute approximate surface area is 162 Å². The van der Waals surface area contributed by atoms with Crippen molar-refractivity contribution in [1.82, 2.24) is 15.0 Å². The topological polar surface area (TPSA) is 50.7 Å². The van der Waals surface area contributed by atoms with Gasteiger partial charge in [0.1, 0.15) is 16.5 Å². The molecule has 5 rings (SSSR count). The van der Waals surface area contributed by atoms with E-state index in [-0.39, 0.29) is 0 Å². The van der Waals surface area contributed by atoms with E-state index >= 15 is 0 Å². The van der Waals surface area contributed by atoms with Crippen LogP contribution in [-0.2, 0) is 25.8 Å². The minimum Gasteiger partial charge on any atom is -0.365 e. The average molecular weight is 372 g/mol. The SMILES string of the molecule is c1ccc(Cc2nc(NCc3cccnc3)c3c4c(sc3n2)CCC4)cc1. The normalized spacial score (nSPS) is 13.0. The number of fused-ring (bicyclic) bond motifs is 3. The van der Waals surface area contributed by atoms with Crippen molar-refractivity contribution in [3.05, 3.63) is 82.3 Å². The highest BCUT2D eigenvalue weighted by molar-refractivity contribution is 7.19. The summed E-state index contributed by atoms with van der Waals surface area (Å²) >= 11 is 1.84. The summed E-state index contributed by atoms with van der Waals surface area (Å²) in [4.78, 5) is 16.6. The van der Waals surface area contributed by atoms with Crippen LogP contribution in [0.5, 0.6) is 0 Å². The molecule has 134 valence electrons. The first-order valence-corrected chi connectivity index (χ1v) is 10.2. The van der Waals surface area contributed by atoms with E-state index < -0.39 is 0 Å². The summed E-state index contributed by atoms with van der Waals surface area (Å²) in [5.74, 6) is 1.84. The lowest BCUT2D eigenvalue weighted by atomic mass is 10.1. The maximum absolute atomic E-state index is 4.93. The lowest BCUT2D eigenvalue weighted by Crippen LogP contribution is -2.06. The molecule has 4 aromatic rings. The van der Waals surface area contributed by atoms with Crippen molar-refractivity contribution in [3.63, 3.8) is 0 Å². The minimum absolute atomic E-state index is 0.718. The van der Waals surface area contributed by atoms with Gasteiger partial charge in [0.15, 0.2) is 0 Å². The Bertz CT molecular complexity index is 1070. The molecule has 27 heavy (non-hydrogen) atoms. The van der Waals surface area contributed by atoms with E-state index in [1.54, 1.807) is 6.20 Å². The third kappa shape index (κ3) is 3.30. The molecule has 0 spiro atoms. The van der Waals surface area contributed by atoms with Crippen LogP contribution in [0.15, 0.2) is 54.9 Å². The van der Waals surface area contributed by atoms with Gasteiger partial charge in [-0.25, -0.2) is 9.97 Å². The third-order valence-corrected chi connectivity index (χ3v) is 6.18. The number of thiophene rings is 1. The largest absolute Gasteiger partial charge is 0.365 e. The first-order valence-electron chi connectivity index (χ1n) is 9.35. The van der Waals surface area contributed by atoms with Crippen molar-refractivity contribution in [2.75, 3.05) is 5.32 Å². The van der Waals surface area contributed by atoms with Crippen LogP contribution in [0.2, 0.25) is 0 Å². The molecule has 4 nitrogen and oxygen atoms in total. The van der Waals surface area contributed by atoms with E-state index in [0.717, 1.165) is 41.4 Å². The number of pyridine rings is 1. The van der Waals surface area contributed by atoms with Gasteiger partial charge < -0.3 is 5.32 Å². The predicted octanol–water partition coefficient (Wildman–Crippen LogP) is 4.78. The van der Waals surface area contributed by atoms with Crippen molar-refractivity contribution in [1.29, 1.82) is 0 Å². The number of anilines is 1. The van der Waals surface area contributed by atoms with Gasteiger partial charge in [-0.3, -0.25) is 4.98 Å². The van der Waals surface area contributed by atoms with Crippen molar-refractivity contribution in [3.8, 4) is 0 Å². The van der Waals surface area contributed by atoms with Crippen LogP contribution < -0.4 is 5.32 Å². The second kappa shape index (κ2) is 7.08. The molecule has 0 bridgehead atoms. The predicted molar refractivity (Wildman–Crippen MR) is 110 cm³/mol. The highest BCUT2D eigenvalue weighted by atomic mass is 32.1. The fraction of sp³-hybridized carbons (Fsp3) is 0.227. The van der Waals surface area contributed by atoms with Crippen LogP contribution >= 0.6 is 11.3 Å². The molecule has 5 heteroatoms. The van der Waals surface area contributed by atoms with Gasteiger partial charge in [0.2, 0.25) is 0 Å². The number of aromatic nitrogens is 3. The molecule has 1 aromatic carbocycles. The van der Waals surface area contributed by atoms with Crippen LogP contribution in [0, 0.1) is 0 Å². The van der Waals surface area contributed by atoms with Crippen LogP contribution in [0.3, 0.4) is 0 Å². The summed E-state index contributed by atoms with van der Waals surface area (Å²) in [5, 5.41) is 4.79. The lowest BCUT2D eigenvalue weighted by Gasteiger charge is -2.10. The van der Waals surface area contributed by atoms with Crippen LogP contribution in [0.1, 0.15) is 33.8 Å². The molecule has 0 saturated heterocycles. The molecule has 3 aromatic heterocycles. The smallest absolute Gasteiger partial charge is 0.139 e. The fourth-order valence-electron chi connectivity index (χ4n) is 3.71. The van der Waals surface area contributed by atoms with Gasteiger partial charge in [-0.1, -0.05) is 36.4 Å².